The lowest BCUT2D eigenvalue weighted by Gasteiger charge is -2.19. The molecule has 0 unspecified atom stereocenters. The second-order valence-corrected chi connectivity index (χ2v) is 9.82. The Balaban J connectivity index is 1.79. The van der Waals surface area contributed by atoms with Crippen molar-refractivity contribution in [2.24, 2.45) is 0 Å². The summed E-state index contributed by atoms with van der Waals surface area (Å²) in [5, 5.41) is 13.0. The molecule has 0 fully saturated rings. The van der Waals surface area contributed by atoms with Gasteiger partial charge < -0.3 is 0 Å². The minimum atomic E-state index is -0.0632. The Morgan fingerprint density at radius 2 is 0.853 bits per heavy atom. The average Bonchev–Trinajstić information content (AvgIpc) is 2.84. The van der Waals surface area contributed by atoms with E-state index in [2.05, 4.69) is 12.1 Å². The molecule has 0 atom stereocenters. The van der Waals surface area contributed by atoms with Gasteiger partial charge >= 0.3 is 0 Å². The smallest absolute Gasteiger partial charge is 0.195 e. The van der Waals surface area contributed by atoms with E-state index in [0.29, 0.717) is 31.6 Å². The van der Waals surface area contributed by atoms with Crippen molar-refractivity contribution in [1.29, 1.82) is 0 Å². The van der Waals surface area contributed by atoms with Gasteiger partial charge in [0.15, 0.2) is 10.9 Å². The highest BCUT2D eigenvalue weighted by atomic mass is 35.5. The van der Waals surface area contributed by atoms with Crippen molar-refractivity contribution < 1.29 is 0 Å². The molecule has 34 heavy (non-hydrogen) atoms. The van der Waals surface area contributed by atoms with E-state index >= 15 is 0 Å². The Hall–Kier alpha value is -3.72. The molecule has 0 aliphatic rings. The SMILES string of the molecule is O=c1c2ccc3cc4c5cccc(Cl)c5c(=O)c5ccc6cc(c7cccc(Cl)c17)c2c3c6c54. The van der Waals surface area contributed by atoms with Gasteiger partial charge in [0, 0.05) is 32.3 Å². The van der Waals surface area contributed by atoms with Gasteiger partial charge in [-0.2, -0.15) is 0 Å². The predicted molar refractivity (Wildman–Crippen MR) is 145 cm³/mol. The molecular formula is C30H12Cl2O2. The fraction of sp³-hybridized carbons (Fsp3) is 0. The maximum absolute atomic E-state index is 13.5. The van der Waals surface area contributed by atoms with E-state index in [1.54, 1.807) is 12.1 Å². The van der Waals surface area contributed by atoms with Crippen LogP contribution in [0.15, 0.2) is 82.4 Å². The summed E-state index contributed by atoms with van der Waals surface area (Å²) < 4.78 is 0. The molecule has 2 nitrogen and oxygen atoms in total. The maximum Gasteiger partial charge on any atom is 0.195 e. The van der Waals surface area contributed by atoms with E-state index in [9.17, 15) is 9.59 Å². The number of hydrogen-bond donors (Lipinski definition) is 0. The van der Waals surface area contributed by atoms with E-state index in [4.69, 9.17) is 23.2 Å². The van der Waals surface area contributed by atoms with Crippen LogP contribution in [0.5, 0.6) is 0 Å². The molecule has 0 amide bonds. The Morgan fingerprint density at radius 3 is 1.29 bits per heavy atom. The zero-order valence-electron chi connectivity index (χ0n) is 17.5. The van der Waals surface area contributed by atoms with Gasteiger partial charge in [-0.05, 0) is 79.5 Å². The summed E-state index contributed by atoms with van der Waals surface area (Å²) in [6.07, 6.45) is 0. The van der Waals surface area contributed by atoms with Crippen LogP contribution in [0.4, 0.5) is 0 Å². The third kappa shape index (κ3) is 2.01. The molecule has 0 radical (unpaired) electrons. The normalized spacial score (nSPS) is 12.6. The molecule has 8 aromatic carbocycles. The summed E-state index contributed by atoms with van der Waals surface area (Å²) >= 11 is 13.0. The third-order valence-electron chi connectivity index (χ3n) is 7.41. The van der Waals surface area contributed by atoms with Crippen molar-refractivity contribution >= 4 is 98.6 Å². The van der Waals surface area contributed by atoms with Crippen LogP contribution in [0.25, 0.3) is 75.4 Å². The molecule has 0 saturated heterocycles. The van der Waals surface area contributed by atoms with Gasteiger partial charge in [0.2, 0.25) is 0 Å². The second-order valence-electron chi connectivity index (χ2n) is 9.00. The first-order valence-corrected chi connectivity index (χ1v) is 11.8. The Kier molecular flexibility index (Phi) is 3.32. The van der Waals surface area contributed by atoms with Crippen molar-refractivity contribution in [3.63, 3.8) is 0 Å². The minimum absolute atomic E-state index is 0.0632. The molecule has 0 bridgehead atoms. The van der Waals surface area contributed by atoms with Gasteiger partial charge in [0.05, 0.1) is 10.0 Å². The molecule has 0 spiro atoms. The third-order valence-corrected chi connectivity index (χ3v) is 8.04. The molecule has 0 aliphatic carbocycles. The summed E-state index contributed by atoms with van der Waals surface area (Å²) in [5.74, 6) is 0. The van der Waals surface area contributed by atoms with Crippen molar-refractivity contribution in [2.75, 3.05) is 0 Å². The monoisotopic (exact) mass is 474 g/mol. The first-order chi connectivity index (χ1) is 16.5. The molecule has 8 rings (SSSR count). The van der Waals surface area contributed by atoms with E-state index in [0.717, 1.165) is 53.9 Å². The highest BCUT2D eigenvalue weighted by molar-refractivity contribution is 6.43. The summed E-state index contributed by atoms with van der Waals surface area (Å²) in [5.41, 5.74) is -0.126. The molecule has 0 aromatic heterocycles. The maximum atomic E-state index is 13.5. The van der Waals surface area contributed by atoms with Gasteiger partial charge in [-0.1, -0.05) is 59.6 Å². The second kappa shape index (κ2) is 6.04. The van der Waals surface area contributed by atoms with E-state index in [-0.39, 0.29) is 10.9 Å². The fourth-order valence-corrected chi connectivity index (χ4v) is 6.58. The van der Waals surface area contributed by atoms with E-state index in [1.807, 2.05) is 48.5 Å². The molecular weight excluding hydrogens is 463 g/mol. The molecule has 0 aliphatic heterocycles. The highest BCUT2D eigenvalue weighted by Crippen LogP contribution is 2.45. The van der Waals surface area contributed by atoms with Crippen LogP contribution in [0.3, 0.4) is 0 Å². The summed E-state index contributed by atoms with van der Waals surface area (Å²) in [6, 6.07) is 23.3. The van der Waals surface area contributed by atoms with E-state index < -0.39 is 0 Å². The van der Waals surface area contributed by atoms with Crippen LogP contribution < -0.4 is 10.9 Å². The number of benzene rings is 8. The molecule has 4 heteroatoms. The van der Waals surface area contributed by atoms with Crippen molar-refractivity contribution in [1.82, 2.24) is 0 Å². The van der Waals surface area contributed by atoms with Crippen molar-refractivity contribution in [3.8, 4) is 0 Å². The van der Waals surface area contributed by atoms with Gasteiger partial charge in [-0.15, -0.1) is 0 Å². The Labute approximate surface area is 201 Å². The molecule has 0 heterocycles. The number of rotatable bonds is 0. The van der Waals surface area contributed by atoms with Crippen LogP contribution in [-0.2, 0) is 0 Å². The molecule has 8 aromatic rings. The predicted octanol–water partition coefficient (Wildman–Crippen LogP) is 8.10. The van der Waals surface area contributed by atoms with Crippen LogP contribution >= 0.6 is 23.2 Å². The topological polar surface area (TPSA) is 34.1 Å². The van der Waals surface area contributed by atoms with Gasteiger partial charge in [0.25, 0.3) is 0 Å². The summed E-state index contributed by atoms with van der Waals surface area (Å²) in [7, 11) is 0. The van der Waals surface area contributed by atoms with Crippen molar-refractivity contribution in [2.45, 2.75) is 0 Å². The molecule has 0 saturated carbocycles. The van der Waals surface area contributed by atoms with Crippen LogP contribution in [0.2, 0.25) is 10.0 Å². The highest BCUT2D eigenvalue weighted by Gasteiger charge is 2.22. The van der Waals surface area contributed by atoms with Crippen molar-refractivity contribution in [3.05, 3.63) is 103 Å². The van der Waals surface area contributed by atoms with Gasteiger partial charge in [-0.3, -0.25) is 9.59 Å². The Morgan fingerprint density at radius 1 is 0.412 bits per heavy atom. The van der Waals surface area contributed by atoms with Crippen LogP contribution in [-0.4, -0.2) is 0 Å². The Bertz CT molecular complexity index is 2120. The first-order valence-electron chi connectivity index (χ1n) is 11.0. The van der Waals surface area contributed by atoms with Crippen LogP contribution in [0.1, 0.15) is 0 Å². The lowest BCUT2D eigenvalue weighted by atomic mass is 9.84. The number of halogens is 2. The van der Waals surface area contributed by atoms with Gasteiger partial charge in [0.1, 0.15) is 0 Å². The number of hydrogen-bond acceptors (Lipinski definition) is 2. The fourth-order valence-electron chi connectivity index (χ4n) is 6.06. The van der Waals surface area contributed by atoms with Gasteiger partial charge in [-0.25, -0.2) is 0 Å². The zero-order chi connectivity index (χ0) is 22.9. The summed E-state index contributed by atoms with van der Waals surface area (Å²) in [6.45, 7) is 0. The standard InChI is InChI=1S/C30H12Cl2O2/c31-21-5-1-3-15-19-11-13-7-10-18-26-20(16-4-2-6-22(32)28(16)30(18)34)12-14-8-9-17(29(33)27(15)21)25(19)23(14)24(13)26/h1-12H. The average molecular weight is 475 g/mol. The molecule has 0 N–H and O–H groups in total. The minimum Gasteiger partial charge on any atom is -0.289 e. The largest absolute Gasteiger partial charge is 0.289 e. The number of fused-ring (bicyclic) bond motifs is 4. The lowest BCUT2D eigenvalue weighted by Crippen LogP contribution is -2.06. The zero-order valence-corrected chi connectivity index (χ0v) is 19.0. The molecule has 158 valence electrons. The quantitative estimate of drug-likeness (QED) is 0.164. The lowest BCUT2D eigenvalue weighted by molar-refractivity contribution is 1.72. The van der Waals surface area contributed by atoms with Crippen LogP contribution in [0, 0.1) is 0 Å². The first kappa shape index (κ1) is 18.7. The summed E-state index contributed by atoms with van der Waals surface area (Å²) in [4.78, 5) is 27.1. The van der Waals surface area contributed by atoms with E-state index in [1.165, 1.54) is 0 Å².